The summed E-state index contributed by atoms with van der Waals surface area (Å²) in [6, 6.07) is 3.99. The highest BCUT2D eigenvalue weighted by Gasteiger charge is 2.06. The molecule has 0 saturated heterocycles. The summed E-state index contributed by atoms with van der Waals surface area (Å²) in [6.45, 7) is 4.52. The second-order valence-corrected chi connectivity index (χ2v) is 5.00. The van der Waals surface area contributed by atoms with Crippen molar-refractivity contribution in [2.75, 3.05) is 5.32 Å². The molecule has 0 fully saturated rings. The molecule has 5 heteroatoms. The third kappa shape index (κ3) is 2.60. The summed E-state index contributed by atoms with van der Waals surface area (Å²) >= 11 is 1.64. The molecule has 86 valence electrons. The Kier molecular flexibility index (Phi) is 3.35. The lowest BCUT2D eigenvalue weighted by Crippen LogP contribution is -2.03. The van der Waals surface area contributed by atoms with Gasteiger partial charge in [-0.3, -0.25) is 0 Å². The highest BCUT2D eigenvalue weighted by Crippen LogP contribution is 2.17. The Morgan fingerprint density at radius 2 is 2.24 bits per heavy atom. The van der Waals surface area contributed by atoms with Crippen LogP contribution in [0.4, 0.5) is 5.82 Å². The van der Waals surface area contributed by atoms with Crippen LogP contribution in [0.25, 0.3) is 0 Å². The fraction of sp³-hybridized carbons (Fsp3) is 0.250. The SMILES string of the molecule is Cc1cnc(CNc2nccc(C)c2C#N)s1. The van der Waals surface area contributed by atoms with Crippen LogP contribution < -0.4 is 5.32 Å². The smallest absolute Gasteiger partial charge is 0.144 e. The number of hydrogen-bond acceptors (Lipinski definition) is 5. The Balaban J connectivity index is 2.14. The predicted octanol–water partition coefficient (Wildman–Crippen LogP) is 2.64. The van der Waals surface area contributed by atoms with Gasteiger partial charge in [-0.2, -0.15) is 5.26 Å². The van der Waals surface area contributed by atoms with Crippen LogP contribution in [0.2, 0.25) is 0 Å². The lowest BCUT2D eigenvalue weighted by Gasteiger charge is -2.06. The lowest BCUT2D eigenvalue weighted by atomic mass is 10.1. The standard InChI is InChI=1S/C12H12N4S/c1-8-3-4-14-12(10(8)5-13)16-7-11-15-6-9(2)17-11/h3-4,6H,7H2,1-2H3,(H,14,16). The molecule has 0 saturated carbocycles. The highest BCUT2D eigenvalue weighted by molar-refractivity contribution is 7.11. The minimum atomic E-state index is 0.598. The third-order valence-electron chi connectivity index (χ3n) is 2.35. The van der Waals surface area contributed by atoms with Crippen LogP contribution in [0, 0.1) is 25.2 Å². The van der Waals surface area contributed by atoms with Gasteiger partial charge in [-0.1, -0.05) is 0 Å². The lowest BCUT2D eigenvalue weighted by molar-refractivity contribution is 1.07. The van der Waals surface area contributed by atoms with E-state index < -0.39 is 0 Å². The second kappa shape index (κ2) is 4.93. The Labute approximate surface area is 104 Å². The molecule has 0 spiro atoms. The predicted molar refractivity (Wildman–Crippen MR) is 67.9 cm³/mol. The van der Waals surface area contributed by atoms with Crippen molar-refractivity contribution < 1.29 is 0 Å². The van der Waals surface area contributed by atoms with Crippen LogP contribution in [-0.4, -0.2) is 9.97 Å². The molecule has 0 atom stereocenters. The van der Waals surface area contributed by atoms with Crippen molar-refractivity contribution in [3.63, 3.8) is 0 Å². The van der Waals surface area contributed by atoms with Gasteiger partial charge in [0.2, 0.25) is 0 Å². The molecular weight excluding hydrogens is 232 g/mol. The molecule has 2 heterocycles. The largest absolute Gasteiger partial charge is 0.362 e. The summed E-state index contributed by atoms with van der Waals surface area (Å²) in [6.07, 6.45) is 3.54. The molecule has 0 aliphatic carbocycles. The van der Waals surface area contributed by atoms with Crippen molar-refractivity contribution in [2.45, 2.75) is 20.4 Å². The van der Waals surface area contributed by atoms with E-state index in [9.17, 15) is 0 Å². The van der Waals surface area contributed by atoms with Crippen molar-refractivity contribution in [1.29, 1.82) is 5.26 Å². The third-order valence-corrected chi connectivity index (χ3v) is 3.26. The Morgan fingerprint density at radius 1 is 1.41 bits per heavy atom. The Morgan fingerprint density at radius 3 is 2.88 bits per heavy atom. The molecule has 0 bridgehead atoms. The molecule has 0 radical (unpaired) electrons. The number of aromatic nitrogens is 2. The summed E-state index contributed by atoms with van der Waals surface area (Å²) in [5, 5.41) is 13.2. The minimum Gasteiger partial charge on any atom is -0.362 e. The first kappa shape index (κ1) is 11.6. The van der Waals surface area contributed by atoms with Crippen molar-refractivity contribution in [2.24, 2.45) is 0 Å². The average Bonchev–Trinajstić information content (AvgIpc) is 2.72. The summed E-state index contributed by atoms with van der Waals surface area (Å²) in [7, 11) is 0. The molecule has 2 rings (SSSR count). The van der Waals surface area contributed by atoms with Gasteiger partial charge in [0.25, 0.3) is 0 Å². The van der Waals surface area contributed by atoms with Crippen molar-refractivity contribution >= 4 is 17.2 Å². The van der Waals surface area contributed by atoms with E-state index in [0.717, 1.165) is 10.6 Å². The van der Waals surface area contributed by atoms with Crippen molar-refractivity contribution in [3.8, 4) is 6.07 Å². The zero-order valence-corrected chi connectivity index (χ0v) is 10.5. The maximum Gasteiger partial charge on any atom is 0.144 e. The molecule has 2 aromatic heterocycles. The average molecular weight is 244 g/mol. The van der Waals surface area contributed by atoms with Gasteiger partial charge >= 0.3 is 0 Å². The quantitative estimate of drug-likeness (QED) is 0.901. The molecule has 0 unspecified atom stereocenters. The summed E-state index contributed by atoms with van der Waals surface area (Å²) in [5.74, 6) is 0.625. The van der Waals surface area contributed by atoms with E-state index in [1.807, 2.05) is 26.1 Å². The molecule has 0 aliphatic heterocycles. The maximum atomic E-state index is 9.06. The number of pyridine rings is 1. The molecule has 0 aliphatic rings. The molecule has 1 N–H and O–H groups in total. The van der Waals surface area contributed by atoms with Crippen molar-refractivity contribution in [1.82, 2.24) is 9.97 Å². The highest BCUT2D eigenvalue weighted by atomic mass is 32.1. The first-order valence-corrected chi connectivity index (χ1v) is 6.03. The maximum absolute atomic E-state index is 9.06. The molecule has 2 aromatic rings. The van der Waals surface area contributed by atoms with Crippen LogP contribution in [-0.2, 0) is 6.54 Å². The number of thiazole rings is 1. The van der Waals surface area contributed by atoms with Gasteiger partial charge in [0.1, 0.15) is 16.9 Å². The monoisotopic (exact) mass is 244 g/mol. The zero-order chi connectivity index (χ0) is 12.3. The number of hydrogen-bond donors (Lipinski definition) is 1. The van der Waals surface area contributed by atoms with Gasteiger partial charge in [0, 0.05) is 17.3 Å². The number of aryl methyl sites for hydroxylation is 2. The zero-order valence-electron chi connectivity index (χ0n) is 9.69. The van der Waals surface area contributed by atoms with Gasteiger partial charge in [-0.15, -0.1) is 11.3 Å². The van der Waals surface area contributed by atoms with Crippen LogP contribution in [0.15, 0.2) is 18.5 Å². The number of rotatable bonds is 3. The van der Waals surface area contributed by atoms with Gasteiger partial charge < -0.3 is 5.32 Å². The normalized spacial score (nSPS) is 9.94. The van der Waals surface area contributed by atoms with Gasteiger partial charge in [-0.05, 0) is 25.5 Å². The van der Waals surface area contributed by atoms with Crippen LogP contribution in [0.1, 0.15) is 21.0 Å². The topological polar surface area (TPSA) is 61.6 Å². The number of nitriles is 1. The molecule has 4 nitrogen and oxygen atoms in total. The van der Waals surface area contributed by atoms with E-state index in [1.165, 1.54) is 4.88 Å². The first-order valence-electron chi connectivity index (χ1n) is 5.21. The van der Waals surface area contributed by atoms with Gasteiger partial charge in [0.15, 0.2) is 0 Å². The number of nitrogens with zero attached hydrogens (tertiary/aromatic N) is 3. The van der Waals surface area contributed by atoms with E-state index >= 15 is 0 Å². The fourth-order valence-electron chi connectivity index (χ4n) is 1.48. The van der Waals surface area contributed by atoms with Crippen molar-refractivity contribution in [3.05, 3.63) is 39.5 Å². The van der Waals surface area contributed by atoms with E-state index in [2.05, 4.69) is 21.4 Å². The Hall–Kier alpha value is -1.93. The van der Waals surface area contributed by atoms with E-state index in [1.54, 1.807) is 17.5 Å². The Bertz CT molecular complexity index is 568. The number of anilines is 1. The second-order valence-electron chi connectivity index (χ2n) is 3.68. The summed E-state index contributed by atoms with van der Waals surface area (Å²) in [4.78, 5) is 9.61. The van der Waals surface area contributed by atoms with Crippen LogP contribution in [0.3, 0.4) is 0 Å². The van der Waals surface area contributed by atoms with Crippen LogP contribution in [0.5, 0.6) is 0 Å². The van der Waals surface area contributed by atoms with E-state index in [4.69, 9.17) is 5.26 Å². The summed E-state index contributed by atoms with van der Waals surface area (Å²) < 4.78 is 0. The van der Waals surface area contributed by atoms with Gasteiger partial charge in [0.05, 0.1) is 12.1 Å². The number of nitrogens with one attached hydrogen (secondary N) is 1. The molecular formula is C12H12N4S. The van der Waals surface area contributed by atoms with E-state index in [0.29, 0.717) is 17.9 Å². The molecule has 17 heavy (non-hydrogen) atoms. The molecule has 0 aromatic carbocycles. The van der Waals surface area contributed by atoms with Gasteiger partial charge in [-0.25, -0.2) is 9.97 Å². The molecule has 0 amide bonds. The summed E-state index contributed by atoms with van der Waals surface area (Å²) in [5.41, 5.74) is 1.53. The van der Waals surface area contributed by atoms with Crippen LogP contribution >= 0.6 is 11.3 Å². The minimum absolute atomic E-state index is 0.598. The van der Waals surface area contributed by atoms with E-state index in [-0.39, 0.29) is 0 Å². The fourth-order valence-corrected chi connectivity index (χ4v) is 2.20. The first-order chi connectivity index (χ1) is 8.20.